The molecule has 0 aliphatic carbocycles. The van der Waals surface area contributed by atoms with Crippen LogP contribution < -0.4 is 10.6 Å². The summed E-state index contributed by atoms with van der Waals surface area (Å²) in [6, 6.07) is 5.58. The lowest BCUT2D eigenvalue weighted by atomic mass is 9.98. The van der Waals surface area contributed by atoms with Gasteiger partial charge in [0.1, 0.15) is 5.60 Å². The monoisotopic (exact) mass is 358 g/mol. The highest BCUT2D eigenvalue weighted by atomic mass is 35.5. The lowest BCUT2D eigenvalue weighted by molar-refractivity contribution is 0.0324. The Morgan fingerprint density at radius 3 is 2.83 bits per heavy atom. The highest BCUT2D eigenvalue weighted by Gasteiger charge is 2.24. The second-order valence-electron chi connectivity index (χ2n) is 6.64. The van der Waals surface area contributed by atoms with E-state index in [4.69, 9.17) is 27.9 Å². The second kappa shape index (κ2) is 8.22. The summed E-state index contributed by atoms with van der Waals surface area (Å²) in [5.41, 5.74) is 0.540. The van der Waals surface area contributed by atoms with E-state index in [9.17, 15) is 4.79 Å². The van der Waals surface area contributed by atoms with Crippen LogP contribution in [0.4, 0.5) is 4.79 Å². The third-order valence-corrected chi connectivity index (χ3v) is 4.81. The quantitative estimate of drug-likeness (QED) is 0.806. The van der Waals surface area contributed by atoms with Crippen LogP contribution in [-0.4, -0.2) is 31.3 Å². The Bertz CT molecular complexity index is 543. The highest BCUT2D eigenvalue weighted by Crippen LogP contribution is 2.25. The van der Waals surface area contributed by atoms with Gasteiger partial charge in [0, 0.05) is 6.54 Å². The van der Waals surface area contributed by atoms with E-state index in [0.717, 1.165) is 31.5 Å². The van der Waals surface area contributed by atoms with E-state index in [1.54, 1.807) is 6.07 Å². The molecule has 1 aliphatic rings. The van der Waals surface area contributed by atoms with Gasteiger partial charge in [0.05, 0.1) is 10.0 Å². The summed E-state index contributed by atoms with van der Waals surface area (Å²) < 4.78 is 5.54. The molecule has 2 rings (SSSR count). The summed E-state index contributed by atoms with van der Waals surface area (Å²) in [7, 11) is 0. The number of halogens is 2. The van der Waals surface area contributed by atoms with E-state index in [0.29, 0.717) is 28.9 Å². The molecule has 0 aromatic heterocycles. The van der Waals surface area contributed by atoms with Gasteiger partial charge in [-0.1, -0.05) is 29.3 Å². The van der Waals surface area contributed by atoms with Crippen molar-refractivity contribution in [2.24, 2.45) is 5.92 Å². The fourth-order valence-corrected chi connectivity index (χ4v) is 2.92. The minimum Gasteiger partial charge on any atom is -0.444 e. The predicted octanol–water partition coefficient (Wildman–Crippen LogP) is 4.04. The maximum Gasteiger partial charge on any atom is 0.407 e. The van der Waals surface area contributed by atoms with Crippen molar-refractivity contribution in [1.29, 1.82) is 0 Å². The number of carbonyl (C=O) groups excluding carboxylic acids is 1. The Morgan fingerprint density at radius 1 is 1.39 bits per heavy atom. The van der Waals surface area contributed by atoms with Crippen molar-refractivity contribution >= 4 is 29.3 Å². The number of nitrogens with one attached hydrogen (secondary N) is 2. The van der Waals surface area contributed by atoms with Crippen LogP contribution >= 0.6 is 23.2 Å². The van der Waals surface area contributed by atoms with Gasteiger partial charge >= 0.3 is 6.09 Å². The largest absolute Gasteiger partial charge is 0.444 e. The summed E-state index contributed by atoms with van der Waals surface area (Å²) in [6.45, 7) is 6.48. The molecule has 0 radical (unpaired) electrons. The Kier molecular flexibility index (Phi) is 6.57. The third-order valence-electron chi connectivity index (χ3n) is 4.07. The second-order valence-corrected chi connectivity index (χ2v) is 7.45. The van der Waals surface area contributed by atoms with Gasteiger partial charge in [0.25, 0.3) is 0 Å². The van der Waals surface area contributed by atoms with Crippen molar-refractivity contribution in [2.45, 2.75) is 38.7 Å². The first-order chi connectivity index (χ1) is 10.9. The van der Waals surface area contributed by atoms with Gasteiger partial charge in [-0.25, -0.2) is 4.79 Å². The van der Waals surface area contributed by atoms with Crippen molar-refractivity contribution in [3.8, 4) is 0 Å². The minimum absolute atomic E-state index is 0.351. The van der Waals surface area contributed by atoms with Crippen LogP contribution in [0.15, 0.2) is 18.2 Å². The number of ether oxygens (including phenoxy) is 1. The molecule has 1 saturated heterocycles. The highest BCUT2D eigenvalue weighted by molar-refractivity contribution is 6.42. The molecule has 1 aromatic rings. The topological polar surface area (TPSA) is 50.4 Å². The fourth-order valence-electron chi connectivity index (χ4n) is 2.59. The van der Waals surface area contributed by atoms with E-state index >= 15 is 0 Å². The molecule has 128 valence electrons. The molecule has 0 saturated carbocycles. The number of amides is 1. The summed E-state index contributed by atoms with van der Waals surface area (Å²) in [5, 5.41) is 7.23. The van der Waals surface area contributed by atoms with Crippen molar-refractivity contribution in [3.63, 3.8) is 0 Å². The first-order valence-corrected chi connectivity index (χ1v) is 8.73. The zero-order valence-electron chi connectivity index (χ0n) is 13.6. The van der Waals surface area contributed by atoms with Gasteiger partial charge in [-0.15, -0.1) is 0 Å². The molecule has 0 unspecified atom stereocenters. The third kappa shape index (κ3) is 6.21. The van der Waals surface area contributed by atoms with E-state index in [1.807, 2.05) is 26.0 Å². The zero-order valence-corrected chi connectivity index (χ0v) is 15.1. The summed E-state index contributed by atoms with van der Waals surface area (Å²) >= 11 is 11.9. The van der Waals surface area contributed by atoms with Gasteiger partial charge in [0.2, 0.25) is 0 Å². The van der Waals surface area contributed by atoms with Crippen LogP contribution in [0, 0.1) is 5.92 Å². The normalized spacial score (nSPS) is 18.0. The fraction of sp³-hybridized carbons (Fsp3) is 0.588. The summed E-state index contributed by atoms with van der Waals surface area (Å²) in [4.78, 5) is 11.9. The minimum atomic E-state index is -0.538. The van der Waals surface area contributed by atoms with E-state index in [-0.39, 0.29) is 6.09 Å². The van der Waals surface area contributed by atoms with Crippen LogP contribution in [0.5, 0.6) is 0 Å². The number of hydrogen-bond donors (Lipinski definition) is 2. The van der Waals surface area contributed by atoms with Gasteiger partial charge in [-0.2, -0.15) is 0 Å². The van der Waals surface area contributed by atoms with Crippen molar-refractivity contribution in [2.75, 3.05) is 19.6 Å². The van der Waals surface area contributed by atoms with Crippen molar-refractivity contribution in [1.82, 2.24) is 10.6 Å². The van der Waals surface area contributed by atoms with Gasteiger partial charge in [-0.3, -0.25) is 0 Å². The number of rotatable bonds is 6. The first-order valence-electron chi connectivity index (χ1n) is 7.97. The maximum atomic E-state index is 11.9. The van der Waals surface area contributed by atoms with Crippen molar-refractivity contribution < 1.29 is 9.53 Å². The van der Waals surface area contributed by atoms with Crippen LogP contribution in [0.1, 0.15) is 32.3 Å². The zero-order chi connectivity index (χ0) is 16.9. The SMILES string of the molecule is CC(C)(CCc1ccc(Cl)c(Cl)c1)OC(=O)NC[C@@H]1CCNC1. The molecule has 1 fully saturated rings. The number of benzene rings is 1. The molecule has 1 aromatic carbocycles. The Balaban J connectivity index is 1.76. The Morgan fingerprint density at radius 2 is 2.17 bits per heavy atom. The molecule has 1 amide bonds. The average molecular weight is 359 g/mol. The van der Waals surface area contributed by atoms with Crippen LogP contribution in [0.25, 0.3) is 0 Å². The Hall–Kier alpha value is -0.970. The number of aryl methyl sites for hydroxylation is 1. The molecular weight excluding hydrogens is 335 g/mol. The summed E-state index contributed by atoms with van der Waals surface area (Å²) in [6.07, 6.45) is 2.23. The number of hydrogen-bond acceptors (Lipinski definition) is 3. The molecule has 0 bridgehead atoms. The number of carbonyl (C=O) groups is 1. The van der Waals surface area contributed by atoms with E-state index < -0.39 is 5.60 Å². The molecule has 1 atom stereocenters. The maximum absolute atomic E-state index is 11.9. The first kappa shape index (κ1) is 18.4. The number of alkyl carbamates (subject to hydrolysis) is 1. The molecule has 1 aliphatic heterocycles. The molecule has 0 spiro atoms. The lowest BCUT2D eigenvalue weighted by Crippen LogP contribution is -2.37. The molecule has 2 N–H and O–H groups in total. The predicted molar refractivity (Wildman–Crippen MR) is 94.3 cm³/mol. The Labute approximate surface area is 147 Å². The van der Waals surface area contributed by atoms with E-state index in [2.05, 4.69) is 10.6 Å². The summed E-state index contributed by atoms with van der Waals surface area (Å²) in [5.74, 6) is 0.502. The van der Waals surface area contributed by atoms with Crippen molar-refractivity contribution in [3.05, 3.63) is 33.8 Å². The molecule has 6 heteroatoms. The van der Waals surface area contributed by atoms with E-state index in [1.165, 1.54) is 0 Å². The van der Waals surface area contributed by atoms with Crippen LogP contribution in [-0.2, 0) is 11.2 Å². The molecule has 4 nitrogen and oxygen atoms in total. The van der Waals surface area contributed by atoms with Gasteiger partial charge in [-0.05, 0) is 69.8 Å². The molecule has 23 heavy (non-hydrogen) atoms. The lowest BCUT2D eigenvalue weighted by Gasteiger charge is -2.25. The van der Waals surface area contributed by atoms with Crippen LogP contribution in [0.2, 0.25) is 10.0 Å². The van der Waals surface area contributed by atoms with Gasteiger partial charge < -0.3 is 15.4 Å². The molecule has 1 heterocycles. The van der Waals surface area contributed by atoms with Crippen LogP contribution in [0.3, 0.4) is 0 Å². The molecular formula is C17H24Cl2N2O2. The standard InChI is InChI=1S/C17H24Cl2N2O2/c1-17(2,7-5-12-3-4-14(18)15(19)9-12)23-16(22)21-11-13-6-8-20-10-13/h3-4,9,13,20H,5-8,10-11H2,1-2H3,(H,21,22)/t13-/m1/s1. The van der Waals surface area contributed by atoms with Gasteiger partial charge in [0.15, 0.2) is 0 Å². The smallest absolute Gasteiger partial charge is 0.407 e. The average Bonchev–Trinajstić information content (AvgIpc) is 2.99.